The molecule has 0 spiro atoms. The fourth-order valence-corrected chi connectivity index (χ4v) is 9.23. The lowest BCUT2D eigenvalue weighted by atomic mass is 10.0. The first kappa shape index (κ1) is 35.8. The fraction of sp³-hybridized carbons (Fsp3) is 0. The summed E-state index contributed by atoms with van der Waals surface area (Å²) in [4.78, 5) is 9.42. The molecule has 0 aliphatic carbocycles. The summed E-state index contributed by atoms with van der Waals surface area (Å²) in [6, 6.07) is 69.8. The van der Waals surface area contributed by atoms with Crippen LogP contribution in [0.1, 0.15) is 0 Å². The third-order valence-corrected chi connectivity index (χ3v) is 12.1. The molecule has 0 N–H and O–H groups in total. The summed E-state index contributed by atoms with van der Waals surface area (Å²) in [6.45, 7) is 0. The normalized spacial score (nSPS) is 12.1. The third-order valence-electron chi connectivity index (χ3n) is 12.1. The number of rotatable bonds is 6. The Morgan fingerprint density at radius 1 is 0.387 bits per heavy atom. The summed E-state index contributed by atoms with van der Waals surface area (Å²) < 4.78 is 35.3. The Labute approximate surface area is 354 Å². The first-order valence-corrected chi connectivity index (χ1v) is 20.6. The van der Waals surface area contributed by atoms with Crippen molar-refractivity contribution in [2.24, 2.45) is 4.99 Å². The fourth-order valence-electron chi connectivity index (χ4n) is 9.23. The number of pyridine rings is 2. The van der Waals surface area contributed by atoms with Crippen molar-refractivity contribution in [2.45, 2.75) is 0 Å². The molecule has 8 aromatic carbocycles. The summed E-state index contributed by atoms with van der Waals surface area (Å²) in [6.07, 6.45) is 0. The van der Waals surface area contributed by atoms with Crippen LogP contribution in [-0.4, -0.2) is 26.0 Å². The first-order valence-electron chi connectivity index (χ1n) is 20.6. The highest BCUT2D eigenvalue weighted by Gasteiger charge is 2.21. The summed E-state index contributed by atoms with van der Waals surface area (Å²) in [5.74, 6) is 0.356. The SMILES string of the molecule is FB(F)n1c(=Nc2ccc3cc(-c4ccc(-n5c6ccccc6c6ccccc65)cc4)ccc3n2)ccc2cc(-c3ccc(-n4c5ccccc5c5ccccc54)cc3)ccc21. The molecule has 0 saturated heterocycles. The molecule has 0 amide bonds. The van der Waals surface area contributed by atoms with E-state index in [-0.39, 0.29) is 5.49 Å². The summed E-state index contributed by atoms with van der Waals surface area (Å²) in [7, 11) is -2.81. The van der Waals surface area contributed by atoms with Crippen molar-refractivity contribution in [3.63, 3.8) is 0 Å². The number of nitrogens with zero attached hydrogens (tertiary/aromatic N) is 5. The molecule has 0 bridgehead atoms. The standard InChI is InChI=1S/C54H34BF2N5/c56-55(57)62-48-30-22-38(36-19-27-42(28-20-36)61-51-15-7-3-11-45(51)46-12-4-8-16-52(46)61)34-40(48)24-32-54(62)59-53-31-23-39-33-37(21-29-47(39)58-53)35-17-25-41(26-18-35)60-49-13-5-1-9-43(49)44-10-2-6-14-50(44)60/h1-34H. The van der Waals surface area contributed by atoms with E-state index in [4.69, 9.17) is 4.98 Å². The molecule has 5 nitrogen and oxygen atoms in total. The van der Waals surface area contributed by atoms with Gasteiger partial charge in [0.25, 0.3) is 0 Å². The van der Waals surface area contributed by atoms with E-state index >= 15 is 0 Å². The van der Waals surface area contributed by atoms with Crippen LogP contribution in [0.15, 0.2) is 211 Å². The van der Waals surface area contributed by atoms with Crippen LogP contribution in [-0.2, 0) is 0 Å². The van der Waals surface area contributed by atoms with Crippen molar-refractivity contribution < 1.29 is 8.63 Å². The molecule has 0 aliphatic heterocycles. The van der Waals surface area contributed by atoms with Crippen molar-refractivity contribution >= 4 is 78.6 Å². The Kier molecular flexibility index (Phi) is 8.25. The van der Waals surface area contributed by atoms with Gasteiger partial charge in [0.2, 0.25) is 0 Å². The molecule has 0 saturated carbocycles. The summed E-state index contributed by atoms with van der Waals surface area (Å²) in [5.41, 5.74) is 12.1. The van der Waals surface area contributed by atoms with E-state index in [0.29, 0.717) is 16.7 Å². The molecule has 8 heteroatoms. The minimum Gasteiger partial charge on any atom is -0.310 e. The molecule has 12 aromatic rings. The average Bonchev–Trinajstić information content (AvgIpc) is 3.84. The second kappa shape index (κ2) is 14.3. The molecule has 62 heavy (non-hydrogen) atoms. The zero-order valence-electron chi connectivity index (χ0n) is 33.2. The minimum atomic E-state index is -2.81. The van der Waals surface area contributed by atoms with Crippen molar-refractivity contribution in [2.75, 3.05) is 0 Å². The molecule has 0 radical (unpaired) electrons. The zero-order valence-corrected chi connectivity index (χ0v) is 33.2. The monoisotopic (exact) mass is 801 g/mol. The molecular weight excluding hydrogens is 767 g/mol. The molecule has 0 atom stereocenters. The van der Waals surface area contributed by atoms with Crippen LogP contribution >= 0.6 is 0 Å². The number of aromatic nitrogens is 4. The lowest BCUT2D eigenvalue weighted by molar-refractivity contribution is 0.627. The van der Waals surface area contributed by atoms with Crippen LogP contribution in [0.2, 0.25) is 0 Å². The van der Waals surface area contributed by atoms with E-state index in [1.807, 2.05) is 36.4 Å². The van der Waals surface area contributed by atoms with Crippen LogP contribution < -0.4 is 5.49 Å². The maximum absolute atomic E-state index is 14.9. The van der Waals surface area contributed by atoms with Crippen LogP contribution in [0, 0.1) is 0 Å². The minimum absolute atomic E-state index is 0.127. The van der Waals surface area contributed by atoms with Gasteiger partial charge in [-0.05, 0) is 125 Å². The van der Waals surface area contributed by atoms with Gasteiger partial charge in [0.15, 0.2) is 5.82 Å². The van der Waals surface area contributed by atoms with Crippen molar-refractivity contribution in [1.29, 1.82) is 0 Å². The van der Waals surface area contributed by atoms with Gasteiger partial charge in [0.1, 0.15) is 5.49 Å². The van der Waals surface area contributed by atoms with Crippen molar-refractivity contribution in [3.8, 4) is 33.6 Å². The predicted octanol–water partition coefficient (Wildman–Crippen LogP) is 13.7. The number of fused-ring (bicyclic) bond motifs is 8. The molecule has 0 aliphatic rings. The van der Waals surface area contributed by atoms with Crippen LogP contribution in [0.3, 0.4) is 0 Å². The smallest absolute Gasteiger partial charge is 0.310 e. The predicted molar refractivity (Wildman–Crippen MR) is 252 cm³/mol. The van der Waals surface area contributed by atoms with E-state index in [9.17, 15) is 8.63 Å². The molecule has 4 heterocycles. The lowest BCUT2D eigenvalue weighted by Crippen LogP contribution is -2.29. The number of para-hydroxylation sites is 4. The molecule has 292 valence electrons. The van der Waals surface area contributed by atoms with Gasteiger partial charge in [0.05, 0.1) is 27.6 Å². The second-order valence-corrected chi connectivity index (χ2v) is 15.6. The zero-order chi connectivity index (χ0) is 41.3. The number of hydrogen-bond donors (Lipinski definition) is 0. The Morgan fingerprint density at radius 3 is 1.32 bits per heavy atom. The van der Waals surface area contributed by atoms with Gasteiger partial charge in [-0.15, -0.1) is 0 Å². The Bertz CT molecular complexity index is 3680. The highest BCUT2D eigenvalue weighted by Crippen LogP contribution is 2.35. The number of hydrogen-bond acceptors (Lipinski definition) is 2. The number of halogens is 2. The van der Waals surface area contributed by atoms with Gasteiger partial charge in [0, 0.05) is 43.8 Å². The van der Waals surface area contributed by atoms with Crippen molar-refractivity contribution in [1.82, 2.24) is 18.6 Å². The van der Waals surface area contributed by atoms with E-state index in [0.717, 1.165) is 60.0 Å². The van der Waals surface area contributed by atoms with Gasteiger partial charge in [-0.1, -0.05) is 109 Å². The molecule has 0 fully saturated rings. The molecule has 4 aromatic heterocycles. The molecule has 12 rings (SSSR count). The summed E-state index contributed by atoms with van der Waals surface area (Å²) in [5, 5.41) is 6.50. The van der Waals surface area contributed by atoms with Crippen LogP contribution in [0.4, 0.5) is 14.4 Å². The quantitative estimate of drug-likeness (QED) is 0.154. The van der Waals surface area contributed by atoms with Gasteiger partial charge in [-0.3, -0.25) is 8.63 Å². The molecular formula is C54H34BF2N5. The average molecular weight is 802 g/mol. The maximum Gasteiger partial charge on any atom is 0.679 e. The Morgan fingerprint density at radius 2 is 0.823 bits per heavy atom. The first-order chi connectivity index (χ1) is 30.6. The van der Waals surface area contributed by atoms with E-state index in [1.165, 1.54) is 32.6 Å². The van der Waals surface area contributed by atoms with Crippen LogP contribution in [0.5, 0.6) is 0 Å². The van der Waals surface area contributed by atoms with Gasteiger partial charge in [-0.2, -0.15) is 0 Å². The van der Waals surface area contributed by atoms with E-state index < -0.39 is 7.40 Å². The second-order valence-electron chi connectivity index (χ2n) is 15.6. The highest BCUT2D eigenvalue weighted by molar-refractivity contribution is 6.42. The molecule has 0 unspecified atom stereocenters. The Hall–Kier alpha value is -8.10. The van der Waals surface area contributed by atoms with Crippen molar-refractivity contribution in [3.05, 3.63) is 212 Å². The third kappa shape index (κ3) is 5.83. The Balaban J connectivity index is 0.836. The lowest BCUT2D eigenvalue weighted by Gasteiger charge is -2.12. The number of benzene rings is 8. The largest absolute Gasteiger partial charge is 0.679 e. The van der Waals surface area contributed by atoms with E-state index in [1.54, 1.807) is 18.2 Å². The topological polar surface area (TPSA) is 40.0 Å². The van der Waals surface area contributed by atoms with Crippen LogP contribution in [0.25, 0.3) is 99.0 Å². The highest BCUT2D eigenvalue weighted by atomic mass is 19.2. The van der Waals surface area contributed by atoms with Gasteiger partial charge >= 0.3 is 7.40 Å². The van der Waals surface area contributed by atoms with E-state index in [2.05, 4.69) is 166 Å². The maximum atomic E-state index is 14.9. The van der Waals surface area contributed by atoms with Gasteiger partial charge < -0.3 is 13.6 Å². The van der Waals surface area contributed by atoms with Gasteiger partial charge in [-0.25, -0.2) is 9.98 Å². The summed E-state index contributed by atoms with van der Waals surface area (Å²) >= 11 is 0.